The minimum Gasteiger partial charge on any atom is -0.355 e. The minimum atomic E-state index is 0.0367. The van der Waals surface area contributed by atoms with Crippen molar-refractivity contribution in [1.82, 2.24) is 5.32 Å². The van der Waals surface area contributed by atoms with Crippen LogP contribution in [0.4, 0.5) is 0 Å². The lowest BCUT2D eigenvalue weighted by Crippen LogP contribution is -2.30. The summed E-state index contributed by atoms with van der Waals surface area (Å²) in [6, 6.07) is 6.36. The van der Waals surface area contributed by atoms with E-state index in [0.29, 0.717) is 19.5 Å². The average molecular weight is 248 g/mol. The number of carbonyl (C=O) groups is 1. The molecule has 0 aromatic heterocycles. The van der Waals surface area contributed by atoms with Crippen LogP contribution in [0.25, 0.3) is 0 Å². The van der Waals surface area contributed by atoms with Gasteiger partial charge in [0.15, 0.2) is 0 Å². The van der Waals surface area contributed by atoms with Gasteiger partial charge in [0, 0.05) is 13.1 Å². The Morgan fingerprint density at radius 1 is 1.33 bits per heavy atom. The topological polar surface area (TPSA) is 55.1 Å². The number of aryl methyl sites for hydroxylation is 1. The number of nitrogens with two attached hydrogens (primary N) is 1. The molecule has 3 heteroatoms. The summed E-state index contributed by atoms with van der Waals surface area (Å²) in [7, 11) is 0. The molecule has 0 spiro atoms. The van der Waals surface area contributed by atoms with Crippen LogP contribution in [0.2, 0.25) is 0 Å². The van der Waals surface area contributed by atoms with E-state index in [1.807, 2.05) is 6.92 Å². The van der Waals surface area contributed by atoms with E-state index in [-0.39, 0.29) is 11.3 Å². The maximum Gasteiger partial charge on any atom is 0.224 e. The van der Waals surface area contributed by atoms with Crippen molar-refractivity contribution < 1.29 is 4.79 Å². The highest BCUT2D eigenvalue weighted by Crippen LogP contribution is 2.24. The molecule has 3 N–H and O–H groups in total. The molecule has 0 saturated carbocycles. The summed E-state index contributed by atoms with van der Waals surface area (Å²) in [6.45, 7) is 9.59. The Hall–Kier alpha value is -1.35. The van der Waals surface area contributed by atoms with Crippen LogP contribution in [0.5, 0.6) is 0 Å². The van der Waals surface area contributed by atoms with Crippen molar-refractivity contribution in [2.75, 3.05) is 13.1 Å². The highest BCUT2D eigenvalue weighted by atomic mass is 16.1. The molecule has 3 nitrogen and oxygen atoms in total. The lowest BCUT2D eigenvalue weighted by molar-refractivity contribution is -0.120. The van der Waals surface area contributed by atoms with E-state index in [2.05, 4.69) is 44.3 Å². The standard InChI is InChI=1S/C15H24N2O/c1-11-5-6-13(15(2,3)4)9-12(11)10-14(18)17-8-7-16/h5-6,9H,7-8,10,16H2,1-4H3,(H,17,18). The first-order chi connectivity index (χ1) is 8.34. The van der Waals surface area contributed by atoms with Gasteiger partial charge in [0.2, 0.25) is 5.91 Å². The second kappa shape index (κ2) is 6.01. The number of rotatable bonds is 4. The molecule has 1 amide bonds. The lowest BCUT2D eigenvalue weighted by atomic mass is 9.85. The summed E-state index contributed by atoms with van der Waals surface area (Å²) >= 11 is 0. The number of hydrogen-bond acceptors (Lipinski definition) is 2. The monoisotopic (exact) mass is 248 g/mol. The van der Waals surface area contributed by atoms with Crippen molar-refractivity contribution in [3.8, 4) is 0 Å². The summed E-state index contributed by atoms with van der Waals surface area (Å²) in [5.74, 6) is 0.0367. The average Bonchev–Trinajstić information content (AvgIpc) is 2.28. The fraction of sp³-hybridized carbons (Fsp3) is 0.533. The molecule has 0 aliphatic carbocycles. The van der Waals surface area contributed by atoms with E-state index in [4.69, 9.17) is 5.73 Å². The molecule has 18 heavy (non-hydrogen) atoms. The van der Waals surface area contributed by atoms with Gasteiger partial charge in [-0.1, -0.05) is 39.0 Å². The summed E-state index contributed by atoms with van der Waals surface area (Å²) in [6.07, 6.45) is 0.426. The van der Waals surface area contributed by atoms with Crippen molar-refractivity contribution in [1.29, 1.82) is 0 Å². The molecular formula is C15H24N2O. The third-order valence-electron chi connectivity index (χ3n) is 3.03. The Bertz CT molecular complexity index is 419. The minimum absolute atomic E-state index is 0.0367. The van der Waals surface area contributed by atoms with Gasteiger partial charge in [-0.2, -0.15) is 0 Å². The third-order valence-corrected chi connectivity index (χ3v) is 3.03. The summed E-state index contributed by atoms with van der Waals surface area (Å²) in [5.41, 5.74) is 8.99. The van der Waals surface area contributed by atoms with Gasteiger partial charge in [-0.15, -0.1) is 0 Å². The van der Waals surface area contributed by atoms with Crippen molar-refractivity contribution in [2.24, 2.45) is 5.73 Å². The fourth-order valence-electron chi connectivity index (χ4n) is 1.78. The number of benzene rings is 1. The molecule has 100 valence electrons. The van der Waals surface area contributed by atoms with Crippen LogP contribution < -0.4 is 11.1 Å². The predicted molar refractivity (Wildman–Crippen MR) is 75.6 cm³/mol. The van der Waals surface area contributed by atoms with Gasteiger partial charge in [0.1, 0.15) is 0 Å². The number of nitrogens with one attached hydrogen (secondary N) is 1. The molecule has 0 unspecified atom stereocenters. The normalized spacial score (nSPS) is 11.4. The maximum atomic E-state index is 11.7. The Labute approximate surface area is 110 Å². The summed E-state index contributed by atoms with van der Waals surface area (Å²) < 4.78 is 0. The van der Waals surface area contributed by atoms with Crippen LogP contribution in [-0.4, -0.2) is 19.0 Å². The Kier molecular flexibility index (Phi) is 4.91. The van der Waals surface area contributed by atoms with Crippen molar-refractivity contribution in [3.05, 3.63) is 34.9 Å². The van der Waals surface area contributed by atoms with Gasteiger partial charge < -0.3 is 11.1 Å². The van der Waals surface area contributed by atoms with Crippen molar-refractivity contribution in [3.63, 3.8) is 0 Å². The van der Waals surface area contributed by atoms with Crippen LogP contribution in [0.1, 0.15) is 37.5 Å². The third kappa shape index (κ3) is 4.15. The van der Waals surface area contributed by atoms with E-state index < -0.39 is 0 Å². The van der Waals surface area contributed by atoms with Gasteiger partial charge in [-0.25, -0.2) is 0 Å². The zero-order valence-corrected chi connectivity index (χ0v) is 11.8. The molecule has 0 bridgehead atoms. The highest BCUT2D eigenvalue weighted by Gasteiger charge is 2.15. The van der Waals surface area contributed by atoms with Crippen molar-refractivity contribution >= 4 is 5.91 Å². The van der Waals surface area contributed by atoms with Gasteiger partial charge in [-0.3, -0.25) is 4.79 Å². The Morgan fingerprint density at radius 3 is 2.56 bits per heavy atom. The van der Waals surface area contributed by atoms with Crippen LogP contribution in [0, 0.1) is 6.92 Å². The Morgan fingerprint density at radius 2 is 2.00 bits per heavy atom. The molecule has 1 rings (SSSR count). The molecule has 0 radical (unpaired) electrons. The van der Waals surface area contributed by atoms with E-state index in [9.17, 15) is 4.79 Å². The molecule has 0 heterocycles. The molecule has 0 atom stereocenters. The molecule has 0 fully saturated rings. The van der Waals surface area contributed by atoms with E-state index in [1.165, 1.54) is 5.56 Å². The second-order valence-corrected chi connectivity index (χ2v) is 5.71. The fourth-order valence-corrected chi connectivity index (χ4v) is 1.78. The molecule has 1 aromatic rings. The van der Waals surface area contributed by atoms with Gasteiger partial charge >= 0.3 is 0 Å². The molecular weight excluding hydrogens is 224 g/mol. The Balaban J connectivity index is 2.85. The van der Waals surface area contributed by atoms with Gasteiger partial charge in [0.25, 0.3) is 0 Å². The smallest absolute Gasteiger partial charge is 0.224 e. The zero-order chi connectivity index (χ0) is 13.8. The largest absolute Gasteiger partial charge is 0.355 e. The summed E-state index contributed by atoms with van der Waals surface area (Å²) in [5, 5.41) is 2.80. The van der Waals surface area contributed by atoms with Crippen molar-refractivity contribution in [2.45, 2.75) is 39.5 Å². The zero-order valence-electron chi connectivity index (χ0n) is 11.8. The molecule has 0 aliphatic rings. The van der Waals surface area contributed by atoms with E-state index in [0.717, 1.165) is 11.1 Å². The van der Waals surface area contributed by atoms with Crippen LogP contribution in [0.3, 0.4) is 0 Å². The summed E-state index contributed by atoms with van der Waals surface area (Å²) in [4.78, 5) is 11.7. The first-order valence-electron chi connectivity index (χ1n) is 6.41. The molecule has 1 aromatic carbocycles. The second-order valence-electron chi connectivity index (χ2n) is 5.71. The van der Waals surface area contributed by atoms with E-state index >= 15 is 0 Å². The first kappa shape index (κ1) is 14.7. The van der Waals surface area contributed by atoms with Crippen LogP contribution in [0.15, 0.2) is 18.2 Å². The predicted octanol–water partition coefficient (Wildman–Crippen LogP) is 1.91. The quantitative estimate of drug-likeness (QED) is 0.855. The number of carbonyl (C=O) groups excluding carboxylic acids is 1. The van der Waals surface area contributed by atoms with Gasteiger partial charge in [0.05, 0.1) is 6.42 Å². The SMILES string of the molecule is Cc1ccc(C(C)(C)C)cc1CC(=O)NCCN. The van der Waals surface area contributed by atoms with Gasteiger partial charge in [-0.05, 0) is 29.0 Å². The molecule has 0 saturated heterocycles. The number of amides is 1. The lowest BCUT2D eigenvalue weighted by Gasteiger charge is -2.20. The maximum absolute atomic E-state index is 11.7. The van der Waals surface area contributed by atoms with Crippen LogP contribution in [-0.2, 0) is 16.6 Å². The number of hydrogen-bond donors (Lipinski definition) is 2. The first-order valence-corrected chi connectivity index (χ1v) is 6.41. The molecule has 0 aliphatic heterocycles. The van der Waals surface area contributed by atoms with Crippen LogP contribution >= 0.6 is 0 Å². The highest BCUT2D eigenvalue weighted by molar-refractivity contribution is 5.79. The van der Waals surface area contributed by atoms with E-state index in [1.54, 1.807) is 0 Å².